The molecule has 0 spiro atoms. The molecule has 0 saturated heterocycles. The van der Waals surface area contributed by atoms with E-state index in [2.05, 4.69) is 22.1 Å². The fourth-order valence-corrected chi connectivity index (χ4v) is 4.99. The van der Waals surface area contributed by atoms with Crippen LogP contribution in [-0.4, -0.2) is 15.7 Å². The molecule has 0 amide bonds. The monoisotopic (exact) mass is 314 g/mol. The zero-order valence-electron chi connectivity index (χ0n) is 11.5. The van der Waals surface area contributed by atoms with Gasteiger partial charge in [-0.25, -0.2) is 9.97 Å². The quantitative estimate of drug-likeness (QED) is 0.621. The first-order valence-electron chi connectivity index (χ1n) is 6.98. The van der Waals surface area contributed by atoms with Gasteiger partial charge in [-0.2, -0.15) is 10.5 Å². The van der Waals surface area contributed by atoms with Crippen molar-refractivity contribution in [2.75, 3.05) is 5.75 Å². The van der Waals surface area contributed by atoms with E-state index in [0.29, 0.717) is 18.6 Å². The highest BCUT2D eigenvalue weighted by Gasteiger charge is 2.21. The van der Waals surface area contributed by atoms with Gasteiger partial charge < -0.3 is 0 Å². The van der Waals surface area contributed by atoms with Crippen molar-refractivity contribution in [3.8, 4) is 12.1 Å². The molecule has 0 bridgehead atoms. The first-order valence-corrected chi connectivity index (χ1v) is 8.78. The summed E-state index contributed by atoms with van der Waals surface area (Å²) in [6, 6.07) is 4.39. The molecule has 2 heterocycles. The lowest BCUT2D eigenvalue weighted by Crippen LogP contribution is -2.01. The summed E-state index contributed by atoms with van der Waals surface area (Å²) in [6.07, 6.45) is 6.18. The average Bonchev–Trinajstić information content (AvgIpc) is 3.08. The van der Waals surface area contributed by atoms with E-state index in [4.69, 9.17) is 10.5 Å². The number of thioether (sulfide) groups is 1. The molecule has 1 atom stereocenters. The smallest absolute Gasteiger partial charge is 0.128 e. The summed E-state index contributed by atoms with van der Waals surface area (Å²) in [4.78, 5) is 11.3. The maximum atomic E-state index is 9.16. The molecule has 106 valence electrons. The van der Waals surface area contributed by atoms with Crippen molar-refractivity contribution >= 4 is 33.3 Å². The predicted molar refractivity (Wildman–Crippen MR) is 84.1 cm³/mol. The second kappa shape index (κ2) is 6.43. The predicted octanol–water partition coefficient (Wildman–Crippen LogP) is 3.72. The Kier molecular flexibility index (Phi) is 4.38. The lowest BCUT2D eigenvalue weighted by atomic mass is 10.1. The van der Waals surface area contributed by atoms with Gasteiger partial charge in [0.15, 0.2) is 0 Å². The molecule has 0 radical (unpaired) electrons. The van der Waals surface area contributed by atoms with Crippen molar-refractivity contribution in [2.45, 2.75) is 37.1 Å². The number of fused-ring (bicyclic) bond motifs is 3. The van der Waals surface area contributed by atoms with E-state index in [9.17, 15) is 0 Å². The number of hydrogen-bond acceptors (Lipinski definition) is 6. The highest BCUT2D eigenvalue weighted by Crippen LogP contribution is 2.40. The van der Waals surface area contributed by atoms with E-state index in [1.807, 2.05) is 0 Å². The van der Waals surface area contributed by atoms with E-state index >= 15 is 0 Å². The number of rotatable bonds is 5. The van der Waals surface area contributed by atoms with E-state index in [0.717, 1.165) is 22.7 Å². The first kappa shape index (κ1) is 14.3. The lowest BCUT2D eigenvalue weighted by molar-refractivity contribution is 0.685. The van der Waals surface area contributed by atoms with Gasteiger partial charge in [-0.05, 0) is 31.2 Å². The van der Waals surface area contributed by atoms with Gasteiger partial charge in [0, 0.05) is 22.4 Å². The van der Waals surface area contributed by atoms with Crippen LogP contribution >= 0.6 is 23.1 Å². The fourth-order valence-electron chi connectivity index (χ4n) is 2.61. The van der Waals surface area contributed by atoms with Gasteiger partial charge in [-0.15, -0.1) is 23.1 Å². The topological polar surface area (TPSA) is 73.4 Å². The molecule has 0 saturated carbocycles. The maximum Gasteiger partial charge on any atom is 0.128 e. The standard InChI is InChI=1S/C15H14N4S2/c16-6-2-3-10(7-17)8-20-14-13-11-4-1-5-12(11)21-15(13)19-9-18-14/h9-10H,1-5,8H2/t10-/m1/s1. The van der Waals surface area contributed by atoms with Gasteiger partial charge in [-0.1, -0.05) is 0 Å². The van der Waals surface area contributed by atoms with Crippen molar-refractivity contribution in [1.29, 1.82) is 10.5 Å². The molecule has 2 aromatic heterocycles. The Bertz CT molecular complexity index is 738. The van der Waals surface area contributed by atoms with Crippen LogP contribution in [0.15, 0.2) is 11.4 Å². The molecular formula is C15H14N4S2. The minimum atomic E-state index is -0.0913. The molecule has 2 aromatic rings. The lowest BCUT2D eigenvalue weighted by Gasteiger charge is -2.07. The SMILES string of the molecule is N#CCC[C@H](C#N)CSc1ncnc2sc3c(c12)CCC3. The van der Waals surface area contributed by atoms with Crippen LogP contribution < -0.4 is 0 Å². The number of nitrogens with zero attached hydrogens (tertiary/aromatic N) is 4. The van der Waals surface area contributed by atoms with Crippen molar-refractivity contribution in [3.63, 3.8) is 0 Å². The Hall–Kier alpha value is -1.63. The van der Waals surface area contributed by atoms with Gasteiger partial charge in [-0.3, -0.25) is 0 Å². The summed E-state index contributed by atoms with van der Waals surface area (Å²) < 4.78 is 0. The molecular weight excluding hydrogens is 300 g/mol. The van der Waals surface area contributed by atoms with E-state index < -0.39 is 0 Å². The van der Waals surface area contributed by atoms with Crippen LogP contribution in [0.4, 0.5) is 0 Å². The Morgan fingerprint density at radius 1 is 1.33 bits per heavy atom. The molecule has 4 nitrogen and oxygen atoms in total. The third-order valence-corrected chi connectivity index (χ3v) is 6.03. The first-order chi connectivity index (χ1) is 10.3. The summed E-state index contributed by atoms with van der Waals surface area (Å²) in [5.41, 5.74) is 1.42. The molecule has 21 heavy (non-hydrogen) atoms. The van der Waals surface area contributed by atoms with Crippen molar-refractivity contribution in [1.82, 2.24) is 9.97 Å². The van der Waals surface area contributed by atoms with Gasteiger partial charge in [0.25, 0.3) is 0 Å². The summed E-state index contributed by atoms with van der Waals surface area (Å²) in [5.74, 6) is 0.598. The largest absolute Gasteiger partial charge is 0.229 e. The molecule has 3 rings (SSSR count). The Labute approximate surface area is 131 Å². The van der Waals surface area contributed by atoms with E-state index in [-0.39, 0.29) is 5.92 Å². The second-order valence-electron chi connectivity index (χ2n) is 5.05. The molecule has 0 fully saturated rings. The molecule has 1 aliphatic carbocycles. The maximum absolute atomic E-state index is 9.16. The van der Waals surface area contributed by atoms with Crippen LogP contribution in [0.2, 0.25) is 0 Å². The minimum Gasteiger partial charge on any atom is -0.229 e. The third-order valence-electron chi connectivity index (χ3n) is 3.67. The van der Waals surface area contributed by atoms with Gasteiger partial charge >= 0.3 is 0 Å². The Morgan fingerprint density at radius 2 is 2.24 bits per heavy atom. The van der Waals surface area contributed by atoms with E-state index in [1.165, 1.54) is 22.2 Å². The third kappa shape index (κ3) is 2.88. The number of aromatic nitrogens is 2. The molecule has 1 aliphatic rings. The van der Waals surface area contributed by atoms with Crippen LogP contribution in [0, 0.1) is 28.6 Å². The minimum absolute atomic E-state index is 0.0913. The fraction of sp³-hybridized carbons (Fsp3) is 0.467. The van der Waals surface area contributed by atoms with E-state index in [1.54, 1.807) is 29.4 Å². The van der Waals surface area contributed by atoms with Crippen LogP contribution in [0.3, 0.4) is 0 Å². The number of nitriles is 2. The van der Waals surface area contributed by atoms with Crippen LogP contribution in [-0.2, 0) is 12.8 Å². The van der Waals surface area contributed by atoms with Crippen LogP contribution in [0.5, 0.6) is 0 Å². The highest BCUT2D eigenvalue weighted by molar-refractivity contribution is 7.99. The molecule has 0 N–H and O–H groups in total. The molecule has 0 aromatic carbocycles. The van der Waals surface area contributed by atoms with Crippen molar-refractivity contribution < 1.29 is 0 Å². The highest BCUT2D eigenvalue weighted by atomic mass is 32.2. The average molecular weight is 314 g/mol. The molecule has 0 aliphatic heterocycles. The van der Waals surface area contributed by atoms with Crippen LogP contribution in [0.1, 0.15) is 29.7 Å². The van der Waals surface area contributed by atoms with Gasteiger partial charge in [0.2, 0.25) is 0 Å². The molecule has 6 heteroatoms. The number of hydrogen-bond donors (Lipinski definition) is 0. The number of aryl methyl sites for hydroxylation is 2. The van der Waals surface area contributed by atoms with Crippen molar-refractivity contribution in [2.24, 2.45) is 5.92 Å². The zero-order chi connectivity index (χ0) is 14.7. The van der Waals surface area contributed by atoms with Crippen LogP contribution in [0.25, 0.3) is 10.2 Å². The Morgan fingerprint density at radius 3 is 3.05 bits per heavy atom. The van der Waals surface area contributed by atoms with Gasteiger partial charge in [0.05, 0.1) is 18.1 Å². The number of thiophene rings is 1. The van der Waals surface area contributed by atoms with Crippen molar-refractivity contribution in [3.05, 3.63) is 16.8 Å². The summed E-state index contributed by atoms with van der Waals surface area (Å²) in [7, 11) is 0. The summed E-state index contributed by atoms with van der Waals surface area (Å²) in [6.45, 7) is 0. The Balaban J connectivity index is 1.81. The summed E-state index contributed by atoms with van der Waals surface area (Å²) >= 11 is 3.41. The van der Waals surface area contributed by atoms with Gasteiger partial charge in [0.1, 0.15) is 16.2 Å². The normalized spacial score (nSPS) is 14.6. The second-order valence-corrected chi connectivity index (χ2v) is 7.14. The molecule has 0 unspecified atom stereocenters. The zero-order valence-corrected chi connectivity index (χ0v) is 13.1. The summed E-state index contributed by atoms with van der Waals surface area (Å²) in [5, 5.41) is 20.0.